The lowest BCUT2D eigenvalue weighted by Gasteiger charge is -2.13. The minimum atomic E-state index is -0.631. The zero-order chi connectivity index (χ0) is 16.3. The van der Waals surface area contributed by atoms with E-state index in [2.05, 4.69) is 10.6 Å². The molecule has 4 nitrogen and oxygen atoms in total. The normalized spacial score (nSPS) is 12.2. The van der Waals surface area contributed by atoms with Crippen LogP contribution < -0.4 is 10.6 Å². The minimum Gasteiger partial charge on any atom is -0.354 e. The van der Waals surface area contributed by atoms with Crippen LogP contribution in [0.2, 0.25) is 0 Å². The summed E-state index contributed by atoms with van der Waals surface area (Å²) in [6.07, 6.45) is 0.834. The average molecular weight is 322 g/mol. The van der Waals surface area contributed by atoms with Crippen LogP contribution in [0, 0.1) is 12.7 Å². The molecule has 22 heavy (non-hydrogen) atoms. The summed E-state index contributed by atoms with van der Waals surface area (Å²) in [4.78, 5) is 24.6. The first-order chi connectivity index (χ1) is 10.5. The van der Waals surface area contributed by atoms with Crippen molar-refractivity contribution in [3.05, 3.63) is 34.5 Å². The standard InChI is InChI=1S/C16H19FN2O2S/c1-4-8-18-15(20)10(3)19-16(21)14-9(2)13-11(17)6-5-7-12(13)22-14/h5-7,10H,4,8H2,1-3H3,(H,18,20)(H,19,21)/t10-/m0/s1. The molecule has 0 fully saturated rings. The molecule has 118 valence electrons. The van der Waals surface area contributed by atoms with Gasteiger partial charge in [-0.15, -0.1) is 11.3 Å². The van der Waals surface area contributed by atoms with Crippen LogP contribution in [-0.2, 0) is 4.79 Å². The second-order valence-electron chi connectivity index (χ2n) is 5.16. The van der Waals surface area contributed by atoms with Gasteiger partial charge in [-0.3, -0.25) is 9.59 Å². The lowest BCUT2D eigenvalue weighted by Crippen LogP contribution is -2.44. The Morgan fingerprint density at radius 1 is 1.36 bits per heavy atom. The van der Waals surface area contributed by atoms with Gasteiger partial charge in [-0.05, 0) is 38.0 Å². The van der Waals surface area contributed by atoms with Crippen molar-refractivity contribution in [3.63, 3.8) is 0 Å². The van der Waals surface area contributed by atoms with E-state index in [0.717, 1.165) is 11.1 Å². The number of rotatable bonds is 5. The first kappa shape index (κ1) is 16.4. The predicted octanol–water partition coefficient (Wildman–Crippen LogP) is 2.99. The molecule has 2 rings (SSSR count). The molecule has 0 spiro atoms. The van der Waals surface area contributed by atoms with Gasteiger partial charge in [-0.25, -0.2) is 4.39 Å². The van der Waals surface area contributed by atoms with Gasteiger partial charge >= 0.3 is 0 Å². The molecule has 0 radical (unpaired) electrons. The molecule has 2 aromatic rings. The summed E-state index contributed by atoms with van der Waals surface area (Å²) < 4.78 is 14.6. The Hall–Kier alpha value is -1.95. The van der Waals surface area contributed by atoms with E-state index >= 15 is 0 Å². The van der Waals surface area contributed by atoms with E-state index < -0.39 is 6.04 Å². The highest BCUT2D eigenvalue weighted by Gasteiger charge is 2.21. The number of carbonyl (C=O) groups is 2. The van der Waals surface area contributed by atoms with Crippen LogP contribution in [0.4, 0.5) is 4.39 Å². The molecule has 0 unspecified atom stereocenters. The van der Waals surface area contributed by atoms with Gasteiger partial charge in [0.1, 0.15) is 11.9 Å². The van der Waals surface area contributed by atoms with Crippen LogP contribution in [0.5, 0.6) is 0 Å². The van der Waals surface area contributed by atoms with E-state index in [4.69, 9.17) is 0 Å². The van der Waals surface area contributed by atoms with Crippen molar-refractivity contribution in [3.8, 4) is 0 Å². The van der Waals surface area contributed by atoms with Crippen molar-refractivity contribution in [1.82, 2.24) is 10.6 Å². The van der Waals surface area contributed by atoms with E-state index in [1.807, 2.05) is 6.92 Å². The fraction of sp³-hybridized carbons (Fsp3) is 0.375. The van der Waals surface area contributed by atoms with Gasteiger partial charge in [-0.1, -0.05) is 13.0 Å². The fourth-order valence-corrected chi connectivity index (χ4v) is 3.32. The van der Waals surface area contributed by atoms with Crippen molar-refractivity contribution in [2.45, 2.75) is 33.2 Å². The summed E-state index contributed by atoms with van der Waals surface area (Å²) in [7, 11) is 0. The molecule has 0 saturated carbocycles. The first-order valence-corrected chi connectivity index (χ1v) is 8.03. The predicted molar refractivity (Wildman–Crippen MR) is 86.7 cm³/mol. The molecule has 1 aromatic carbocycles. The average Bonchev–Trinajstić information content (AvgIpc) is 2.83. The Kier molecular flexibility index (Phi) is 5.13. The summed E-state index contributed by atoms with van der Waals surface area (Å²) in [6.45, 7) is 5.88. The number of hydrogen-bond donors (Lipinski definition) is 2. The van der Waals surface area contributed by atoms with E-state index in [1.165, 1.54) is 17.4 Å². The molecule has 0 aliphatic rings. The van der Waals surface area contributed by atoms with Crippen molar-refractivity contribution in [2.24, 2.45) is 0 Å². The van der Waals surface area contributed by atoms with Crippen molar-refractivity contribution < 1.29 is 14.0 Å². The van der Waals surface area contributed by atoms with Crippen molar-refractivity contribution in [1.29, 1.82) is 0 Å². The quantitative estimate of drug-likeness (QED) is 0.889. The Balaban J connectivity index is 2.18. The maximum Gasteiger partial charge on any atom is 0.262 e. The lowest BCUT2D eigenvalue weighted by molar-refractivity contribution is -0.122. The minimum absolute atomic E-state index is 0.222. The Morgan fingerprint density at radius 3 is 2.73 bits per heavy atom. The van der Waals surface area contributed by atoms with E-state index in [1.54, 1.807) is 26.0 Å². The largest absolute Gasteiger partial charge is 0.354 e. The SMILES string of the molecule is CCCNC(=O)[C@H](C)NC(=O)c1sc2cccc(F)c2c1C. The summed E-state index contributed by atoms with van der Waals surface area (Å²) in [5, 5.41) is 5.86. The van der Waals surface area contributed by atoms with Crippen molar-refractivity contribution >= 4 is 33.2 Å². The molecule has 0 saturated heterocycles. The maximum absolute atomic E-state index is 13.9. The summed E-state index contributed by atoms with van der Waals surface area (Å²) in [6, 6.07) is 4.15. The third-order valence-electron chi connectivity index (χ3n) is 3.40. The molecule has 2 N–H and O–H groups in total. The Bertz CT molecular complexity index is 711. The Labute approximate surface area is 132 Å². The number of amides is 2. The van der Waals surface area contributed by atoms with Gasteiger partial charge < -0.3 is 10.6 Å². The molecular formula is C16H19FN2O2S. The molecule has 0 bridgehead atoms. The number of aryl methyl sites for hydroxylation is 1. The second kappa shape index (κ2) is 6.87. The molecule has 1 heterocycles. The second-order valence-corrected chi connectivity index (χ2v) is 6.21. The molecule has 2 amide bonds. The highest BCUT2D eigenvalue weighted by molar-refractivity contribution is 7.21. The number of benzene rings is 1. The fourth-order valence-electron chi connectivity index (χ4n) is 2.20. The van der Waals surface area contributed by atoms with E-state index in [-0.39, 0.29) is 17.6 Å². The summed E-state index contributed by atoms with van der Waals surface area (Å²) >= 11 is 1.23. The molecule has 1 atom stereocenters. The van der Waals surface area contributed by atoms with Crippen molar-refractivity contribution in [2.75, 3.05) is 6.54 Å². The number of thiophene rings is 1. The van der Waals surface area contributed by atoms with Gasteiger partial charge in [0.05, 0.1) is 4.88 Å². The smallest absolute Gasteiger partial charge is 0.262 e. The maximum atomic E-state index is 13.9. The summed E-state index contributed by atoms with van der Waals surface area (Å²) in [5.74, 6) is -0.906. The van der Waals surface area contributed by atoms with Crippen LogP contribution in [0.1, 0.15) is 35.5 Å². The highest BCUT2D eigenvalue weighted by Crippen LogP contribution is 2.32. The number of fused-ring (bicyclic) bond motifs is 1. The lowest BCUT2D eigenvalue weighted by atomic mass is 10.1. The monoisotopic (exact) mass is 322 g/mol. The number of nitrogens with one attached hydrogen (secondary N) is 2. The molecule has 0 aliphatic heterocycles. The first-order valence-electron chi connectivity index (χ1n) is 7.21. The number of hydrogen-bond acceptors (Lipinski definition) is 3. The summed E-state index contributed by atoms with van der Waals surface area (Å²) in [5.41, 5.74) is 0.608. The van der Waals surface area contributed by atoms with Crippen LogP contribution in [-0.4, -0.2) is 24.4 Å². The van der Waals surface area contributed by atoms with Gasteiger partial charge in [-0.2, -0.15) is 0 Å². The zero-order valence-corrected chi connectivity index (χ0v) is 13.6. The number of halogens is 1. The number of carbonyl (C=O) groups excluding carboxylic acids is 2. The third kappa shape index (κ3) is 3.27. The van der Waals surface area contributed by atoms with Crippen LogP contribution in [0.25, 0.3) is 10.1 Å². The topological polar surface area (TPSA) is 58.2 Å². The molecular weight excluding hydrogens is 303 g/mol. The molecule has 6 heteroatoms. The highest BCUT2D eigenvalue weighted by atomic mass is 32.1. The zero-order valence-electron chi connectivity index (χ0n) is 12.8. The Morgan fingerprint density at radius 2 is 2.09 bits per heavy atom. The van der Waals surface area contributed by atoms with Gasteiger partial charge in [0.2, 0.25) is 5.91 Å². The molecule has 0 aliphatic carbocycles. The van der Waals surface area contributed by atoms with E-state index in [0.29, 0.717) is 22.4 Å². The van der Waals surface area contributed by atoms with Gasteiger partial charge in [0, 0.05) is 16.6 Å². The molecule has 1 aromatic heterocycles. The van der Waals surface area contributed by atoms with Crippen LogP contribution >= 0.6 is 11.3 Å². The van der Waals surface area contributed by atoms with Crippen LogP contribution in [0.3, 0.4) is 0 Å². The van der Waals surface area contributed by atoms with Gasteiger partial charge in [0.15, 0.2) is 0 Å². The van der Waals surface area contributed by atoms with E-state index in [9.17, 15) is 14.0 Å². The van der Waals surface area contributed by atoms with Gasteiger partial charge in [0.25, 0.3) is 5.91 Å². The van der Waals surface area contributed by atoms with Crippen LogP contribution in [0.15, 0.2) is 18.2 Å². The third-order valence-corrected chi connectivity index (χ3v) is 4.66.